The van der Waals surface area contributed by atoms with Crippen molar-refractivity contribution in [1.82, 2.24) is 9.97 Å². The highest BCUT2D eigenvalue weighted by atomic mass is 35.5. The van der Waals surface area contributed by atoms with Gasteiger partial charge in [0.1, 0.15) is 5.82 Å². The van der Waals surface area contributed by atoms with Crippen molar-refractivity contribution in [2.75, 3.05) is 5.32 Å². The van der Waals surface area contributed by atoms with Crippen molar-refractivity contribution in [3.63, 3.8) is 0 Å². The summed E-state index contributed by atoms with van der Waals surface area (Å²) in [6, 6.07) is 12.5. The highest BCUT2D eigenvalue weighted by Crippen LogP contribution is 2.37. The van der Waals surface area contributed by atoms with Crippen molar-refractivity contribution in [1.29, 1.82) is 0 Å². The molecular weight excluding hydrogens is 381 g/mol. The van der Waals surface area contributed by atoms with Gasteiger partial charge in [-0.2, -0.15) is 0 Å². The Balaban J connectivity index is 1.97. The van der Waals surface area contributed by atoms with Crippen LogP contribution in [-0.2, 0) is 0 Å². The molecule has 2 heterocycles. The Morgan fingerprint density at radius 3 is 2.61 bits per heavy atom. The number of nitrogens with zero attached hydrogens (tertiary/aromatic N) is 2. The maximum Gasteiger partial charge on any atom is 0.337 e. The van der Waals surface area contributed by atoms with E-state index in [1.807, 2.05) is 12.1 Å². The number of hydrogen-bond acceptors (Lipinski definition) is 4. The maximum absolute atomic E-state index is 13.6. The smallest absolute Gasteiger partial charge is 0.337 e. The highest BCUT2D eigenvalue weighted by molar-refractivity contribution is 6.31. The summed E-state index contributed by atoms with van der Waals surface area (Å²) in [4.78, 5) is 20.1. The fourth-order valence-electron chi connectivity index (χ4n) is 2.99. The lowest BCUT2D eigenvalue weighted by atomic mass is 10.0. The third-order valence-corrected chi connectivity index (χ3v) is 4.53. The van der Waals surface area contributed by atoms with Gasteiger partial charge in [-0.3, -0.25) is 9.97 Å². The van der Waals surface area contributed by atoms with Crippen LogP contribution < -0.4 is 5.32 Å². The van der Waals surface area contributed by atoms with E-state index in [2.05, 4.69) is 15.3 Å². The minimum atomic E-state index is -1.23. The van der Waals surface area contributed by atoms with Gasteiger partial charge < -0.3 is 10.4 Å². The minimum absolute atomic E-state index is 0.173. The van der Waals surface area contributed by atoms with Crippen molar-refractivity contribution in [3.8, 4) is 11.1 Å². The normalized spacial score (nSPS) is 10.8. The van der Waals surface area contributed by atoms with Crippen molar-refractivity contribution >= 4 is 39.8 Å². The first-order valence-electron chi connectivity index (χ1n) is 8.31. The van der Waals surface area contributed by atoms with E-state index >= 15 is 0 Å². The van der Waals surface area contributed by atoms with Gasteiger partial charge in [-0.25, -0.2) is 9.18 Å². The molecule has 0 fully saturated rings. The number of nitrogens with one attached hydrogen (secondary N) is 1. The molecule has 138 valence electrons. The molecule has 0 saturated carbocycles. The average Bonchev–Trinajstić information content (AvgIpc) is 2.70. The molecule has 0 atom stereocenters. The SMILES string of the molecule is O=C(O)c1cc(F)ccc1Nc1c(-c2ccncc2)cnc2ccc(Cl)cc12. The van der Waals surface area contributed by atoms with Crippen LogP contribution in [0.5, 0.6) is 0 Å². The van der Waals surface area contributed by atoms with Crippen molar-refractivity contribution in [2.24, 2.45) is 0 Å². The molecule has 0 unspecified atom stereocenters. The van der Waals surface area contributed by atoms with Gasteiger partial charge in [0.25, 0.3) is 0 Å². The second-order valence-electron chi connectivity index (χ2n) is 6.06. The van der Waals surface area contributed by atoms with Crippen molar-refractivity contribution in [3.05, 3.63) is 83.5 Å². The van der Waals surface area contributed by atoms with Crippen LogP contribution in [0.4, 0.5) is 15.8 Å². The van der Waals surface area contributed by atoms with Gasteiger partial charge in [0.2, 0.25) is 0 Å². The fraction of sp³-hybridized carbons (Fsp3) is 0. The highest BCUT2D eigenvalue weighted by Gasteiger charge is 2.16. The minimum Gasteiger partial charge on any atom is -0.478 e. The summed E-state index contributed by atoms with van der Waals surface area (Å²) >= 11 is 6.19. The zero-order valence-electron chi connectivity index (χ0n) is 14.4. The zero-order valence-corrected chi connectivity index (χ0v) is 15.1. The number of aromatic carboxylic acids is 1. The predicted molar refractivity (Wildman–Crippen MR) is 107 cm³/mol. The first-order valence-corrected chi connectivity index (χ1v) is 8.69. The van der Waals surface area contributed by atoms with Gasteiger partial charge in [0.05, 0.1) is 22.5 Å². The van der Waals surface area contributed by atoms with E-state index in [0.29, 0.717) is 21.6 Å². The van der Waals surface area contributed by atoms with Crippen LogP contribution in [0.25, 0.3) is 22.0 Å². The van der Waals surface area contributed by atoms with Crippen LogP contribution in [0, 0.1) is 5.82 Å². The zero-order chi connectivity index (χ0) is 19.7. The second kappa shape index (κ2) is 7.25. The van der Waals surface area contributed by atoms with Gasteiger partial charge in [-0.15, -0.1) is 0 Å². The molecule has 2 aromatic heterocycles. The number of rotatable bonds is 4. The molecule has 0 aliphatic rings. The average molecular weight is 394 g/mol. The molecule has 4 aromatic rings. The molecule has 0 saturated heterocycles. The van der Waals surface area contributed by atoms with Crippen molar-refractivity contribution < 1.29 is 14.3 Å². The molecular formula is C21H13ClFN3O2. The van der Waals surface area contributed by atoms with E-state index in [4.69, 9.17) is 11.6 Å². The Kier molecular flexibility index (Phi) is 4.63. The molecule has 2 N–H and O–H groups in total. The van der Waals surface area contributed by atoms with Crippen molar-refractivity contribution in [2.45, 2.75) is 0 Å². The molecule has 0 amide bonds. The topological polar surface area (TPSA) is 75.1 Å². The molecule has 4 rings (SSSR count). The van der Waals surface area contributed by atoms with Crippen LogP contribution in [-0.4, -0.2) is 21.0 Å². The fourth-order valence-corrected chi connectivity index (χ4v) is 3.16. The first kappa shape index (κ1) is 17.9. The molecule has 28 heavy (non-hydrogen) atoms. The van der Waals surface area contributed by atoms with Crippen LogP contribution in [0.3, 0.4) is 0 Å². The summed E-state index contributed by atoms with van der Waals surface area (Å²) in [7, 11) is 0. The van der Waals surface area contributed by atoms with Gasteiger partial charge in [-0.1, -0.05) is 11.6 Å². The molecule has 7 heteroatoms. The number of pyridine rings is 2. The van der Waals surface area contributed by atoms with E-state index < -0.39 is 11.8 Å². The summed E-state index contributed by atoms with van der Waals surface area (Å²) in [6.45, 7) is 0. The monoisotopic (exact) mass is 393 g/mol. The Labute approximate surface area is 164 Å². The summed E-state index contributed by atoms with van der Waals surface area (Å²) in [5.41, 5.74) is 2.96. The maximum atomic E-state index is 13.6. The Morgan fingerprint density at radius 2 is 1.86 bits per heavy atom. The summed E-state index contributed by atoms with van der Waals surface area (Å²) in [5, 5.41) is 13.8. The quantitative estimate of drug-likeness (QED) is 0.476. The standard InChI is InChI=1S/C21H13ClFN3O2/c22-13-1-3-18-15(9-13)20(17(11-25-18)12-5-7-24-8-6-12)26-19-4-2-14(23)10-16(19)21(27)28/h1-11H,(H,25,26)(H,27,28). The van der Waals surface area contributed by atoms with E-state index in [1.165, 1.54) is 12.1 Å². The van der Waals surface area contributed by atoms with E-state index in [1.54, 1.807) is 36.8 Å². The van der Waals surface area contributed by atoms with Crippen LogP contribution in [0.15, 0.2) is 67.1 Å². The third kappa shape index (κ3) is 3.37. The number of halogens is 2. The summed E-state index contributed by atoms with van der Waals surface area (Å²) < 4.78 is 13.6. The third-order valence-electron chi connectivity index (χ3n) is 4.29. The largest absolute Gasteiger partial charge is 0.478 e. The van der Waals surface area contributed by atoms with E-state index in [9.17, 15) is 14.3 Å². The molecule has 0 radical (unpaired) electrons. The van der Waals surface area contributed by atoms with Gasteiger partial charge in [-0.05, 0) is 54.1 Å². The Hall–Kier alpha value is -3.51. The first-order chi connectivity index (χ1) is 13.5. The van der Waals surface area contributed by atoms with Gasteiger partial charge >= 0.3 is 5.97 Å². The summed E-state index contributed by atoms with van der Waals surface area (Å²) in [5.74, 6) is -1.86. The molecule has 0 spiro atoms. The van der Waals surface area contributed by atoms with Crippen LogP contribution in [0.2, 0.25) is 5.02 Å². The van der Waals surface area contributed by atoms with E-state index in [-0.39, 0.29) is 11.3 Å². The second-order valence-corrected chi connectivity index (χ2v) is 6.50. The molecule has 5 nitrogen and oxygen atoms in total. The van der Waals surface area contributed by atoms with Gasteiger partial charge in [0.15, 0.2) is 0 Å². The Bertz CT molecular complexity index is 1200. The number of benzene rings is 2. The number of carbonyl (C=O) groups is 1. The number of carboxylic acid groups (broad SMARTS) is 1. The Morgan fingerprint density at radius 1 is 1.07 bits per heavy atom. The number of hydrogen-bond donors (Lipinski definition) is 2. The van der Waals surface area contributed by atoms with Crippen LogP contribution >= 0.6 is 11.6 Å². The number of fused-ring (bicyclic) bond motifs is 1. The van der Waals surface area contributed by atoms with E-state index in [0.717, 1.165) is 17.2 Å². The summed E-state index contributed by atoms with van der Waals surface area (Å²) in [6.07, 6.45) is 5.00. The lowest BCUT2D eigenvalue weighted by molar-refractivity contribution is 0.0697. The lowest BCUT2D eigenvalue weighted by Crippen LogP contribution is -2.05. The van der Waals surface area contributed by atoms with Gasteiger partial charge in [0, 0.05) is 34.6 Å². The number of aromatic nitrogens is 2. The number of anilines is 2. The predicted octanol–water partition coefficient (Wildman–Crippen LogP) is 5.53. The molecule has 0 aliphatic heterocycles. The number of carboxylic acids is 1. The van der Waals surface area contributed by atoms with Crippen LogP contribution in [0.1, 0.15) is 10.4 Å². The molecule has 0 bridgehead atoms. The molecule has 2 aromatic carbocycles. The lowest BCUT2D eigenvalue weighted by Gasteiger charge is -2.16. The molecule has 0 aliphatic carbocycles.